The van der Waals surface area contributed by atoms with E-state index in [4.69, 9.17) is 4.74 Å². The molecule has 5 heteroatoms. The van der Waals surface area contributed by atoms with Crippen LogP contribution < -0.4 is 15.4 Å². The molecule has 0 spiro atoms. The van der Waals surface area contributed by atoms with Gasteiger partial charge in [-0.3, -0.25) is 9.59 Å². The maximum atomic E-state index is 12.4. The number of ether oxygens (including phenoxy) is 1. The van der Waals surface area contributed by atoms with Crippen LogP contribution in [0.15, 0.2) is 54.6 Å². The summed E-state index contributed by atoms with van der Waals surface area (Å²) in [6.07, 6.45) is 0.697. The van der Waals surface area contributed by atoms with Crippen LogP contribution in [0.4, 0.5) is 5.69 Å². The summed E-state index contributed by atoms with van der Waals surface area (Å²) in [4.78, 5) is 24.8. The third kappa shape index (κ3) is 5.09. The maximum absolute atomic E-state index is 12.4. The Morgan fingerprint density at radius 2 is 1.56 bits per heavy atom. The Morgan fingerprint density at radius 1 is 0.926 bits per heavy atom. The third-order valence-corrected chi connectivity index (χ3v) is 4.62. The highest BCUT2D eigenvalue weighted by Gasteiger charge is 2.48. The van der Waals surface area contributed by atoms with Crippen molar-refractivity contribution in [3.63, 3.8) is 0 Å². The molecule has 2 amide bonds. The molecule has 0 heterocycles. The molecule has 5 nitrogen and oxygen atoms in total. The number of rotatable bonds is 7. The van der Waals surface area contributed by atoms with Crippen molar-refractivity contribution in [3.8, 4) is 5.75 Å². The lowest BCUT2D eigenvalue weighted by Crippen LogP contribution is -2.29. The minimum Gasteiger partial charge on any atom is -0.491 e. The van der Waals surface area contributed by atoms with Crippen molar-refractivity contribution in [3.05, 3.63) is 60.2 Å². The molecule has 0 aliphatic heterocycles. The van der Waals surface area contributed by atoms with Gasteiger partial charge >= 0.3 is 0 Å². The van der Waals surface area contributed by atoms with Gasteiger partial charge in [0.2, 0.25) is 11.8 Å². The predicted octanol–water partition coefficient (Wildman–Crippen LogP) is 3.93. The van der Waals surface area contributed by atoms with Gasteiger partial charge < -0.3 is 15.4 Å². The largest absolute Gasteiger partial charge is 0.491 e. The van der Waals surface area contributed by atoms with Gasteiger partial charge in [-0.25, -0.2) is 0 Å². The summed E-state index contributed by atoms with van der Waals surface area (Å²) < 4.78 is 5.59. The summed E-state index contributed by atoms with van der Waals surface area (Å²) in [5.41, 5.74) is 1.76. The average molecular weight is 366 g/mol. The Labute approximate surface area is 160 Å². The normalized spacial score (nSPS) is 19.3. The van der Waals surface area contributed by atoms with Crippen LogP contribution in [-0.4, -0.2) is 17.9 Å². The minimum atomic E-state index is -0.264. The van der Waals surface area contributed by atoms with E-state index < -0.39 is 0 Å². The fourth-order valence-electron chi connectivity index (χ4n) is 3.04. The predicted molar refractivity (Wildman–Crippen MR) is 105 cm³/mol. The number of hydrogen-bond acceptors (Lipinski definition) is 3. The van der Waals surface area contributed by atoms with E-state index in [1.54, 1.807) is 0 Å². The first kappa shape index (κ1) is 19.0. The van der Waals surface area contributed by atoms with Crippen LogP contribution >= 0.6 is 0 Å². The average Bonchev–Trinajstić information content (AvgIpc) is 3.45. The van der Waals surface area contributed by atoms with Gasteiger partial charge in [-0.1, -0.05) is 30.3 Å². The van der Waals surface area contributed by atoms with E-state index in [9.17, 15) is 9.59 Å². The highest BCUT2D eigenvalue weighted by atomic mass is 16.5. The molecule has 1 saturated carbocycles. The summed E-state index contributed by atoms with van der Waals surface area (Å²) >= 11 is 0. The zero-order valence-corrected chi connectivity index (χ0v) is 15.9. The van der Waals surface area contributed by atoms with Crippen molar-refractivity contribution in [1.82, 2.24) is 5.32 Å². The molecule has 3 atom stereocenters. The fraction of sp³-hybridized carbons (Fsp3) is 0.364. The number of benzene rings is 2. The lowest BCUT2D eigenvalue weighted by Gasteiger charge is -2.14. The molecule has 142 valence electrons. The Bertz CT molecular complexity index is 787. The van der Waals surface area contributed by atoms with Gasteiger partial charge in [0.1, 0.15) is 5.75 Å². The molecule has 0 bridgehead atoms. The van der Waals surface area contributed by atoms with E-state index in [1.165, 1.54) is 0 Å². The van der Waals surface area contributed by atoms with Gasteiger partial charge in [0, 0.05) is 5.69 Å². The minimum absolute atomic E-state index is 0.0628. The van der Waals surface area contributed by atoms with Crippen molar-refractivity contribution in [2.24, 2.45) is 11.8 Å². The zero-order valence-electron chi connectivity index (χ0n) is 15.9. The number of nitrogens with one attached hydrogen (secondary N) is 2. The quantitative estimate of drug-likeness (QED) is 0.780. The SMILES string of the molecule is CC(C)Oc1ccc(NC(=O)C2CC2C(=O)NC(C)c2ccccc2)cc1. The molecule has 1 aliphatic carbocycles. The lowest BCUT2D eigenvalue weighted by atomic mass is 10.1. The summed E-state index contributed by atoms with van der Waals surface area (Å²) in [5, 5.41) is 5.88. The van der Waals surface area contributed by atoms with E-state index >= 15 is 0 Å². The monoisotopic (exact) mass is 366 g/mol. The Morgan fingerprint density at radius 3 is 2.19 bits per heavy atom. The zero-order chi connectivity index (χ0) is 19.4. The van der Waals surface area contributed by atoms with Crippen LogP contribution in [0.3, 0.4) is 0 Å². The molecule has 0 aromatic heterocycles. The van der Waals surface area contributed by atoms with E-state index in [0.717, 1.165) is 11.3 Å². The third-order valence-electron chi connectivity index (χ3n) is 4.62. The van der Waals surface area contributed by atoms with Crippen LogP contribution in [0, 0.1) is 11.8 Å². The number of carbonyl (C=O) groups excluding carboxylic acids is 2. The number of carbonyl (C=O) groups is 2. The van der Waals surface area contributed by atoms with Gasteiger partial charge in [-0.15, -0.1) is 0 Å². The van der Waals surface area contributed by atoms with Gasteiger partial charge in [-0.2, -0.15) is 0 Å². The second-order valence-corrected chi connectivity index (χ2v) is 7.27. The highest BCUT2D eigenvalue weighted by Crippen LogP contribution is 2.40. The van der Waals surface area contributed by atoms with Crippen molar-refractivity contribution in [2.75, 3.05) is 5.32 Å². The number of hydrogen-bond donors (Lipinski definition) is 2. The van der Waals surface area contributed by atoms with Gasteiger partial charge in [0.15, 0.2) is 0 Å². The molecular weight excluding hydrogens is 340 g/mol. The fourth-order valence-corrected chi connectivity index (χ4v) is 3.04. The molecule has 27 heavy (non-hydrogen) atoms. The van der Waals surface area contributed by atoms with Crippen LogP contribution in [-0.2, 0) is 9.59 Å². The highest BCUT2D eigenvalue weighted by molar-refractivity contribution is 5.99. The first-order valence-electron chi connectivity index (χ1n) is 9.37. The van der Waals surface area contributed by atoms with Crippen molar-refractivity contribution >= 4 is 17.5 Å². The van der Waals surface area contributed by atoms with Crippen LogP contribution in [0.25, 0.3) is 0 Å². The van der Waals surface area contributed by atoms with E-state index in [0.29, 0.717) is 12.1 Å². The molecule has 3 rings (SSSR count). The molecule has 3 unspecified atom stereocenters. The van der Waals surface area contributed by atoms with Crippen molar-refractivity contribution in [1.29, 1.82) is 0 Å². The summed E-state index contributed by atoms with van der Waals surface area (Å²) in [5.74, 6) is 0.0769. The molecule has 2 aromatic carbocycles. The molecular formula is C22H26N2O3. The van der Waals surface area contributed by atoms with Crippen molar-refractivity contribution in [2.45, 2.75) is 39.3 Å². The number of amides is 2. The topological polar surface area (TPSA) is 67.4 Å². The second kappa shape index (κ2) is 8.25. The van der Waals surface area contributed by atoms with Crippen LogP contribution in [0.2, 0.25) is 0 Å². The Balaban J connectivity index is 1.49. The van der Waals surface area contributed by atoms with E-state index in [2.05, 4.69) is 10.6 Å². The number of anilines is 1. The van der Waals surface area contributed by atoms with Gasteiger partial charge in [0.05, 0.1) is 24.0 Å². The second-order valence-electron chi connectivity index (χ2n) is 7.27. The smallest absolute Gasteiger partial charge is 0.228 e. The molecule has 1 fully saturated rings. The summed E-state index contributed by atoms with van der Waals surface area (Å²) in [6, 6.07) is 17.0. The van der Waals surface area contributed by atoms with E-state index in [-0.39, 0.29) is 35.8 Å². The van der Waals surface area contributed by atoms with Crippen LogP contribution in [0.1, 0.15) is 38.8 Å². The van der Waals surface area contributed by atoms with Crippen molar-refractivity contribution < 1.29 is 14.3 Å². The first-order chi connectivity index (χ1) is 12.9. The molecule has 1 aliphatic rings. The lowest BCUT2D eigenvalue weighted by molar-refractivity contribution is -0.125. The molecule has 0 saturated heterocycles. The Kier molecular flexibility index (Phi) is 5.79. The maximum Gasteiger partial charge on any atom is 0.228 e. The van der Waals surface area contributed by atoms with Gasteiger partial charge in [-0.05, 0) is 57.0 Å². The van der Waals surface area contributed by atoms with Crippen LogP contribution in [0.5, 0.6) is 5.75 Å². The molecule has 2 N–H and O–H groups in total. The standard InChI is InChI=1S/C22H26N2O3/c1-14(2)27-18-11-9-17(10-12-18)24-22(26)20-13-19(20)21(25)23-15(3)16-7-5-4-6-8-16/h4-12,14-15,19-20H,13H2,1-3H3,(H,23,25)(H,24,26). The first-order valence-corrected chi connectivity index (χ1v) is 9.37. The summed E-state index contributed by atoms with van der Waals surface area (Å²) in [6.45, 7) is 5.88. The van der Waals surface area contributed by atoms with E-state index in [1.807, 2.05) is 75.4 Å². The Hall–Kier alpha value is -2.82. The van der Waals surface area contributed by atoms with Gasteiger partial charge in [0.25, 0.3) is 0 Å². The molecule has 0 radical (unpaired) electrons. The molecule has 2 aromatic rings. The summed E-state index contributed by atoms with van der Waals surface area (Å²) in [7, 11) is 0.